The van der Waals surface area contributed by atoms with E-state index in [1.165, 1.54) is 16.2 Å². The second-order valence-corrected chi connectivity index (χ2v) is 6.66. The van der Waals surface area contributed by atoms with Gasteiger partial charge in [0.25, 0.3) is 0 Å². The second kappa shape index (κ2) is 5.77. The van der Waals surface area contributed by atoms with Crippen molar-refractivity contribution in [3.8, 4) is 0 Å². The predicted octanol–water partition coefficient (Wildman–Crippen LogP) is 3.58. The molecule has 0 saturated carbocycles. The molecule has 2 aromatic heterocycles. The van der Waals surface area contributed by atoms with E-state index in [9.17, 15) is 10.1 Å². The molecule has 0 aliphatic carbocycles. The fourth-order valence-corrected chi connectivity index (χ4v) is 3.58. The van der Waals surface area contributed by atoms with Crippen molar-refractivity contribution in [1.82, 2.24) is 10.3 Å². The van der Waals surface area contributed by atoms with Gasteiger partial charge in [0.1, 0.15) is 0 Å². The van der Waals surface area contributed by atoms with Gasteiger partial charge in [0.15, 0.2) is 0 Å². The van der Waals surface area contributed by atoms with Crippen molar-refractivity contribution in [1.29, 1.82) is 0 Å². The zero-order valence-corrected chi connectivity index (χ0v) is 12.6. The molecule has 1 N–H and O–H groups in total. The van der Waals surface area contributed by atoms with E-state index in [0.29, 0.717) is 6.54 Å². The van der Waals surface area contributed by atoms with Gasteiger partial charge in [-0.15, -0.1) is 11.3 Å². The predicted molar refractivity (Wildman–Crippen MR) is 77.8 cm³/mol. The molecular formula is C12H15N3O2S2. The minimum atomic E-state index is -0.353. The molecule has 0 amide bonds. The second-order valence-electron chi connectivity index (χ2n) is 4.28. The van der Waals surface area contributed by atoms with Crippen LogP contribution in [0.4, 0.5) is 5.00 Å². The van der Waals surface area contributed by atoms with Gasteiger partial charge in [-0.3, -0.25) is 10.1 Å². The summed E-state index contributed by atoms with van der Waals surface area (Å²) in [4.78, 5) is 16.9. The van der Waals surface area contributed by atoms with Gasteiger partial charge in [-0.2, -0.15) is 0 Å². The van der Waals surface area contributed by atoms with Gasteiger partial charge in [-0.05, 0) is 26.8 Å². The first-order valence-electron chi connectivity index (χ1n) is 5.87. The molecule has 0 saturated heterocycles. The van der Waals surface area contributed by atoms with E-state index in [0.717, 1.165) is 15.6 Å². The van der Waals surface area contributed by atoms with E-state index in [1.54, 1.807) is 23.5 Å². The Morgan fingerprint density at radius 1 is 1.42 bits per heavy atom. The number of nitro groups is 1. The monoisotopic (exact) mass is 297 g/mol. The highest BCUT2D eigenvalue weighted by Gasteiger charge is 2.14. The molecule has 2 aromatic rings. The average molecular weight is 297 g/mol. The number of rotatable bonds is 5. The normalized spacial score (nSPS) is 12.6. The zero-order valence-electron chi connectivity index (χ0n) is 11.0. The van der Waals surface area contributed by atoms with Crippen LogP contribution >= 0.6 is 22.7 Å². The van der Waals surface area contributed by atoms with Crippen LogP contribution in [-0.2, 0) is 6.54 Å². The van der Waals surface area contributed by atoms with Gasteiger partial charge in [0.2, 0.25) is 0 Å². The summed E-state index contributed by atoms with van der Waals surface area (Å²) >= 11 is 2.90. The summed E-state index contributed by atoms with van der Waals surface area (Å²) in [5.41, 5.74) is 1.06. The van der Waals surface area contributed by atoms with E-state index in [2.05, 4.69) is 17.2 Å². The van der Waals surface area contributed by atoms with E-state index in [-0.39, 0.29) is 16.0 Å². The highest BCUT2D eigenvalue weighted by Crippen LogP contribution is 2.27. The summed E-state index contributed by atoms with van der Waals surface area (Å²) in [6.07, 6.45) is 0. The first-order chi connectivity index (χ1) is 8.97. The maximum Gasteiger partial charge on any atom is 0.324 e. The summed E-state index contributed by atoms with van der Waals surface area (Å²) in [6, 6.07) is 3.55. The van der Waals surface area contributed by atoms with Crippen LogP contribution in [-0.4, -0.2) is 9.91 Å². The Morgan fingerprint density at radius 3 is 2.68 bits per heavy atom. The van der Waals surface area contributed by atoms with E-state index >= 15 is 0 Å². The molecule has 0 aromatic carbocycles. The molecule has 0 spiro atoms. The van der Waals surface area contributed by atoms with Crippen LogP contribution in [0.3, 0.4) is 0 Å². The Balaban J connectivity index is 1.98. The number of thiazole rings is 1. The van der Waals surface area contributed by atoms with Gasteiger partial charge >= 0.3 is 5.00 Å². The smallest absolute Gasteiger partial charge is 0.304 e. The number of aromatic nitrogens is 1. The molecule has 5 nitrogen and oxygen atoms in total. The maximum atomic E-state index is 10.6. The van der Waals surface area contributed by atoms with Crippen LogP contribution in [0.1, 0.15) is 33.4 Å². The lowest BCUT2D eigenvalue weighted by molar-refractivity contribution is -0.380. The molecule has 102 valence electrons. The fourth-order valence-electron chi connectivity index (χ4n) is 1.85. The summed E-state index contributed by atoms with van der Waals surface area (Å²) in [6.45, 7) is 6.72. The number of hydrogen-bond donors (Lipinski definition) is 1. The summed E-state index contributed by atoms with van der Waals surface area (Å²) in [5.74, 6) is 0. The number of thiophene rings is 1. The van der Waals surface area contributed by atoms with Gasteiger partial charge in [-0.1, -0.05) is 11.3 Å². The van der Waals surface area contributed by atoms with Crippen LogP contribution in [0, 0.1) is 24.0 Å². The SMILES string of the molecule is Cc1nc(C)c(C(C)NCc2ccc([N+](=O)[O-])s2)s1. The van der Waals surface area contributed by atoms with Crippen LogP contribution < -0.4 is 5.32 Å². The van der Waals surface area contributed by atoms with Crippen molar-refractivity contribution in [2.24, 2.45) is 0 Å². The minimum Gasteiger partial charge on any atom is -0.304 e. The standard InChI is InChI=1S/C12H15N3O2S2/c1-7(12-8(2)14-9(3)18-12)13-6-10-4-5-11(19-10)15(16)17/h4-5,7,13H,6H2,1-3H3. The Kier molecular flexibility index (Phi) is 4.28. The van der Waals surface area contributed by atoms with E-state index in [1.807, 2.05) is 13.8 Å². The number of nitrogens with zero attached hydrogens (tertiary/aromatic N) is 2. The molecule has 0 radical (unpaired) electrons. The third-order valence-corrected chi connectivity index (χ3v) is 5.04. The molecule has 19 heavy (non-hydrogen) atoms. The van der Waals surface area contributed by atoms with Gasteiger partial charge in [-0.25, -0.2) is 4.98 Å². The average Bonchev–Trinajstić information content (AvgIpc) is 2.93. The quantitative estimate of drug-likeness (QED) is 0.676. The Morgan fingerprint density at radius 2 is 2.16 bits per heavy atom. The lowest BCUT2D eigenvalue weighted by Gasteiger charge is -2.11. The molecule has 2 heterocycles. The Hall–Kier alpha value is -1.31. The molecule has 0 aliphatic heterocycles. The Labute approximate surface area is 119 Å². The van der Waals surface area contributed by atoms with Crippen molar-refractivity contribution < 1.29 is 4.92 Å². The van der Waals surface area contributed by atoms with Crippen LogP contribution in [0.2, 0.25) is 0 Å². The molecule has 1 atom stereocenters. The summed E-state index contributed by atoms with van der Waals surface area (Å²) in [5, 5.41) is 15.2. The number of aryl methyl sites for hydroxylation is 2. The molecule has 0 fully saturated rings. The van der Waals surface area contributed by atoms with Crippen molar-refractivity contribution in [3.63, 3.8) is 0 Å². The largest absolute Gasteiger partial charge is 0.324 e. The zero-order chi connectivity index (χ0) is 14.0. The lowest BCUT2D eigenvalue weighted by atomic mass is 10.2. The highest BCUT2D eigenvalue weighted by molar-refractivity contribution is 7.15. The first-order valence-corrected chi connectivity index (χ1v) is 7.51. The van der Waals surface area contributed by atoms with Gasteiger partial charge in [0, 0.05) is 28.4 Å². The highest BCUT2D eigenvalue weighted by atomic mass is 32.1. The maximum absolute atomic E-state index is 10.6. The van der Waals surface area contributed by atoms with Gasteiger partial charge in [0.05, 0.1) is 15.6 Å². The molecule has 1 unspecified atom stereocenters. The van der Waals surface area contributed by atoms with Crippen molar-refractivity contribution in [2.75, 3.05) is 0 Å². The Bertz CT molecular complexity index is 592. The molecule has 0 aliphatic rings. The number of hydrogen-bond acceptors (Lipinski definition) is 6. The molecule has 2 rings (SSSR count). The van der Waals surface area contributed by atoms with Crippen molar-refractivity contribution in [2.45, 2.75) is 33.4 Å². The van der Waals surface area contributed by atoms with Crippen molar-refractivity contribution >= 4 is 27.7 Å². The number of nitrogens with one attached hydrogen (secondary N) is 1. The van der Waals surface area contributed by atoms with Gasteiger partial charge < -0.3 is 5.32 Å². The molecule has 7 heteroatoms. The fraction of sp³-hybridized carbons (Fsp3) is 0.417. The summed E-state index contributed by atoms with van der Waals surface area (Å²) in [7, 11) is 0. The van der Waals surface area contributed by atoms with Crippen LogP contribution in [0.25, 0.3) is 0 Å². The minimum absolute atomic E-state index is 0.189. The van der Waals surface area contributed by atoms with Crippen LogP contribution in [0.15, 0.2) is 12.1 Å². The van der Waals surface area contributed by atoms with E-state index < -0.39 is 0 Å². The molecule has 0 bridgehead atoms. The van der Waals surface area contributed by atoms with Crippen LogP contribution in [0.5, 0.6) is 0 Å². The third kappa shape index (κ3) is 3.37. The lowest BCUT2D eigenvalue weighted by Crippen LogP contribution is -2.17. The topological polar surface area (TPSA) is 68.1 Å². The van der Waals surface area contributed by atoms with E-state index in [4.69, 9.17) is 0 Å². The third-order valence-electron chi connectivity index (χ3n) is 2.74. The summed E-state index contributed by atoms with van der Waals surface area (Å²) < 4.78 is 0. The van der Waals surface area contributed by atoms with Crippen molar-refractivity contribution in [3.05, 3.63) is 42.7 Å². The molecular weight excluding hydrogens is 282 g/mol. The first kappa shape index (κ1) is 14.1.